The molecule has 1 aromatic carbocycles. The SMILES string of the molecule is Cc1ccc(CF)cc1CC(C)C(=O)O. The van der Waals surface area contributed by atoms with Gasteiger partial charge in [-0.2, -0.15) is 0 Å². The lowest BCUT2D eigenvalue weighted by Crippen LogP contribution is -2.13. The molecule has 1 unspecified atom stereocenters. The summed E-state index contributed by atoms with van der Waals surface area (Å²) in [5.41, 5.74) is 2.54. The van der Waals surface area contributed by atoms with Gasteiger partial charge in [-0.05, 0) is 30.0 Å². The van der Waals surface area contributed by atoms with Crippen molar-refractivity contribution >= 4 is 5.97 Å². The van der Waals surface area contributed by atoms with Gasteiger partial charge < -0.3 is 5.11 Å². The molecule has 82 valence electrons. The van der Waals surface area contributed by atoms with Gasteiger partial charge in [0.15, 0.2) is 0 Å². The molecule has 0 aliphatic carbocycles. The highest BCUT2D eigenvalue weighted by molar-refractivity contribution is 5.70. The van der Waals surface area contributed by atoms with Crippen LogP contribution in [0.15, 0.2) is 18.2 Å². The molecule has 0 amide bonds. The van der Waals surface area contributed by atoms with Crippen LogP contribution in [0.25, 0.3) is 0 Å². The molecule has 15 heavy (non-hydrogen) atoms. The maximum Gasteiger partial charge on any atom is 0.306 e. The highest BCUT2D eigenvalue weighted by atomic mass is 19.1. The summed E-state index contributed by atoms with van der Waals surface area (Å²) in [6.45, 7) is 3.06. The number of hydrogen-bond donors (Lipinski definition) is 1. The summed E-state index contributed by atoms with van der Waals surface area (Å²) < 4.78 is 12.4. The van der Waals surface area contributed by atoms with E-state index in [2.05, 4.69) is 0 Å². The number of benzene rings is 1. The van der Waals surface area contributed by atoms with Crippen molar-refractivity contribution in [2.24, 2.45) is 5.92 Å². The largest absolute Gasteiger partial charge is 0.481 e. The Balaban J connectivity index is 2.88. The summed E-state index contributed by atoms with van der Waals surface area (Å²) in [6, 6.07) is 5.30. The van der Waals surface area contributed by atoms with Crippen LogP contribution >= 0.6 is 0 Å². The van der Waals surface area contributed by atoms with Crippen LogP contribution in [0.4, 0.5) is 4.39 Å². The van der Waals surface area contributed by atoms with Crippen molar-refractivity contribution in [3.8, 4) is 0 Å². The number of carbonyl (C=O) groups is 1. The first-order chi connectivity index (χ1) is 7.04. The Morgan fingerprint density at radius 3 is 2.73 bits per heavy atom. The quantitative estimate of drug-likeness (QED) is 0.829. The van der Waals surface area contributed by atoms with Crippen LogP contribution in [-0.2, 0) is 17.9 Å². The molecule has 1 N–H and O–H groups in total. The summed E-state index contributed by atoms with van der Waals surface area (Å²) in [6.07, 6.45) is 0.453. The van der Waals surface area contributed by atoms with Crippen LogP contribution < -0.4 is 0 Å². The lowest BCUT2D eigenvalue weighted by molar-refractivity contribution is -0.141. The van der Waals surface area contributed by atoms with Gasteiger partial charge >= 0.3 is 5.97 Å². The average molecular weight is 210 g/mol. The van der Waals surface area contributed by atoms with E-state index in [-0.39, 0.29) is 0 Å². The van der Waals surface area contributed by atoms with Crippen molar-refractivity contribution in [2.45, 2.75) is 26.9 Å². The van der Waals surface area contributed by atoms with Crippen molar-refractivity contribution in [1.29, 1.82) is 0 Å². The van der Waals surface area contributed by atoms with Gasteiger partial charge in [-0.1, -0.05) is 25.1 Å². The fourth-order valence-corrected chi connectivity index (χ4v) is 1.45. The Hall–Kier alpha value is -1.38. The zero-order chi connectivity index (χ0) is 11.4. The summed E-state index contributed by atoms with van der Waals surface area (Å²) in [5, 5.41) is 8.79. The molecule has 0 aromatic heterocycles. The Morgan fingerprint density at radius 1 is 1.53 bits per heavy atom. The van der Waals surface area contributed by atoms with Crippen molar-refractivity contribution in [1.82, 2.24) is 0 Å². The Labute approximate surface area is 88.7 Å². The van der Waals surface area contributed by atoms with Crippen molar-refractivity contribution in [3.05, 3.63) is 34.9 Å². The number of halogens is 1. The van der Waals surface area contributed by atoms with E-state index in [1.165, 1.54) is 0 Å². The Bertz CT molecular complexity index is 361. The van der Waals surface area contributed by atoms with Crippen LogP contribution in [0.3, 0.4) is 0 Å². The lowest BCUT2D eigenvalue weighted by atomic mass is 9.96. The van der Waals surface area contributed by atoms with E-state index in [9.17, 15) is 9.18 Å². The molecular formula is C12H15FO2. The number of rotatable bonds is 4. The minimum absolute atomic E-state index is 0.432. The Kier molecular flexibility index (Phi) is 3.83. The van der Waals surface area contributed by atoms with Gasteiger partial charge in [-0.25, -0.2) is 4.39 Å². The van der Waals surface area contributed by atoms with Crippen molar-refractivity contribution in [3.63, 3.8) is 0 Å². The molecule has 1 aromatic rings. The average Bonchev–Trinajstić information content (AvgIpc) is 2.21. The van der Waals surface area contributed by atoms with E-state index in [1.54, 1.807) is 19.1 Å². The molecule has 2 nitrogen and oxygen atoms in total. The number of carboxylic acids is 1. The second-order valence-corrected chi connectivity index (χ2v) is 3.84. The van der Waals surface area contributed by atoms with Gasteiger partial charge in [0.25, 0.3) is 0 Å². The predicted molar refractivity (Wildman–Crippen MR) is 56.5 cm³/mol. The molecule has 0 fully saturated rings. The van der Waals surface area contributed by atoms with Crippen LogP contribution in [0.5, 0.6) is 0 Å². The van der Waals surface area contributed by atoms with Gasteiger partial charge in [-0.15, -0.1) is 0 Å². The van der Waals surface area contributed by atoms with Crippen molar-refractivity contribution in [2.75, 3.05) is 0 Å². The molecule has 3 heteroatoms. The van der Waals surface area contributed by atoms with Crippen molar-refractivity contribution < 1.29 is 14.3 Å². The van der Waals surface area contributed by atoms with Crippen LogP contribution in [-0.4, -0.2) is 11.1 Å². The number of aliphatic carboxylic acids is 1. The third kappa shape index (κ3) is 3.05. The summed E-state index contributed by atoms with van der Waals surface area (Å²) >= 11 is 0. The summed E-state index contributed by atoms with van der Waals surface area (Å²) in [5.74, 6) is -1.25. The maximum absolute atomic E-state index is 12.4. The second-order valence-electron chi connectivity index (χ2n) is 3.84. The first kappa shape index (κ1) is 11.7. The number of alkyl halides is 1. The van der Waals surface area contributed by atoms with Crippen LogP contribution in [0.2, 0.25) is 0 Å². The highest BCUT2D eigenvalue weighted by Gasteiger charge is 2.13. The topological polar surface area (TPSA) is 37.3 Å². The monoisotopic (exact) mass is 210 g/mol. The third-order valence-corrected chi connectivity index (χ3v) is 2.52. The van der Waals surface area contributed by atoms with E-state index < -0.39 is 18.6 Å². The molecule has 0 bridgehead atoms. The van der Waals surface area contributed by atoms with Crippen LogP contribution in [0, 0.1) is 12.8 Å². The summed E-state index contributed by atoms with van der Waals surface area (Å²) in [7, 11) is 0. The lowest BCUT2D eigenvalue weighted by Gasteiger charge is -2.10. The standard InChI is InChI=1S/C12H15FO2/c1-8-3-4-10(7-13)6-11(8)5-9(2)12(14)15/h3-4,6,9H,5,7H2,1-2H3,(H,14,15). The second kappa shape index (κ2) is 4.91. The first-order valence-electron chi connectivity index (χ1n) is 4.91. The number of hydrogen-bond acceptors (Lipinski definition) is 1. The van der Waals surface area contributed by atoms with Gasteiger partial charge in [0.05, 0.1) is 5.92 Å². The fraction of sp³-hybridized carbons (Fsp3) is 0.417. The van der Waals surface area contributed by atoms with Gasteiger partial charge in [0, 0.05) is 0 Å². The molecular weight excluding hydrogens is 195 g/mol. The van der Waals surface area contributed by atoms with Gasteiger partial charge in [-0.3, -0.25) is 4.79 Å². The maximum atomic E-state index is 12.4. The molecule has 0 saturated heterocycles. The predicted octanol–water partition coefficient (Wildman–Crippen LogP) is 2.73. The van der Waals surface area contributed by atoms with E-state index in [4.69, 9.17) is 5.11 Å². The molecule has 0 aliphatic heterocycles. The minimum atomic E-state index is -0.819. The zero-order valence-corrected chi connectivity index (χ0v) is 8.96. The first-order valence-corrected chi connectivity index (χ1v) is 4.91. The molecule has 0 spiro atoms. The van der Waals surface area contributed by atoms with E-state index in [1.807, 2.05) is 13.0 Å². The van der Waals surface area contributed by atoms with Gasteiger partial charge in [0.1, 0.15) is 6.67 Å². The minimum Gasteiger partial charge on any atom is -0.481 e. The van der Waals surface area contributed by atoms with Crippen LogP contribution in [0.1, 0.15) is 23.6 Å². The molecule has 0 radical (unpaired) electrons. The number of carboxylic acid groups (broad SMARTS) is 1. The summed E-state index contributed by atoms with van der Waals surface area (Å²) in [4.78, 5) is 10.7. The Morgan fingerprint density at radius 2 is 2.20 bits per heavy atom. The molecule has 0 heterocycles. The van der Waals surface area contributed by atoms with Gasteiger partial charge in [0.2, 0.25) is 0 Å². The third-order valence-electron chi connectivity index (χ3n) is 2.52. The van der Waals surface area contributed by atoms with E-state index >= 15 is 0 Å². The number of aryl methyl sites for hydroxylation is 1. The molecule has 1 atom stereocenters. The molecule has 0 saturated carbocycles. The van der Waals surface area contributed by atoms with E-state index in [0.717, 1.165) is 11.1 Å². The molecule has 1 rings (SSSR count). The highest BCUT2D eigenvalue weighted by Crippen LogP contribution is 2.16. The van der Waals surface area contributed by atoms with E-state index in [0.29, 0.717) is 12.0 Å². The normalized spacial score (nSPS) is 12.5. The molecule has 0 aliphatic rings. The fourth-order valence-electron chi connectivity index (χ4n) is 1.45. The smallest absolute Gasteiger partial charge is 0.306 e. The zero-order valence-electron chi connectivity index (χ0n) is 8.96.